The molecule has 0 spiro atoms. The number of benzene rings is 2. The number of piperidine rings is 1. The van der Waals surface area contributed by atoms with E-state index in [1.54, 1.807) is 24.0 Å². The van der Waals surface area contributed by atoms with Crippen molar-refractivity contribution in [3.63, 3.8) is 0 Å². The molecule has 2 fully saturated rings. The maximum atomic E-state index is 14.8. The van der Waals surface area contributed by atoms with E-state index in [0.29, 0.717) is 18.6 Å². The van der Waals surface area contributed by atoms with Gasteiger partial charge < -0.3 is 24.4 Å². The molecule has 0 radical (unpaired) electrons. The highest BCUT2D eigenvalue weighted by Crippen LogP contribution is 2.42. The molecule has 14 heteroatoms. The van der Waals surface area contributed by atoms with E-state index in [4.69, 9.17) is 9.47 Å². The molecule has 49 heavy (non-hydrogen) atoms. The highest BCUT2D eigenvalue weighted by molar-refractivity contribution is 5.97. The molecule has 2 aliphatic heterocycles. The first-order valence-electron chi connectivity index (χ1n) is 16.1. The first kappa shape index (κ1) is 36.0. The van der Waals surface area contributed by atoms with Gasteiger partial charge in [0.05, 0.1) is 29.3 Å². The van der Waals surface area contributed by atoms with Crippen molar-refractivity contribution < 1.29 is 50.5 Å². The fraction of sp³-hybridized carbons (Fsp3) is 0.457. The first-order chi connectivity index (χ1) is 23.3. The maximum absolute atomic E-state index is 14.8. The number of nitrogens with zero attached hydrogens (tertiary/aromatic N) is 3. The number of rotatable bonds is 10. The number of carbonyl (C=O) groups excluding carboxylic acids is 2. The van der Waals surface area contributed by atoms with Crippen molar-refractivity contribution in [2.75, 3.05) is 32.8 Å². The van der Waals surface area contributed by atoms with Gasteiger partial charge in [0.2, 0.25) is 5.60 Å². The van der Waals surface area contributed by atoms with Crippen LogP contribution in [0.25, 0.3) is 0 Å². The van der Waals surface area contributed by atoms with Crippen LogP contribution in [0.3, 0.4) is 0 Å². The normalized spacial score (nSPS) is 21.5. The van der Waals surface area contributed by atoms with Crippen molar-refractivity contribution in [1.82, 2.24) is 14.8 Å². The second-order valence-corrected chi connectivity index (χ2v) is 12.2. The minimum Gasteiger partial charge on any atom is -0.491 e. The zero-order chi connectivity index (χ0) is 35.4. The summed E-state index contributed by atoms with van der Waals surface area (Å²) in [6.45, 7) is 2.22. The number of aromatic nitrogens is 1. The summed E-state index contributed by atoms with van der Waals surface area (Å²) < 4.78 is 94.3. The molecular formula is C35H37F6N3O5. The highest BCUT2D eigenvalue weighted by Gasteiger charge is 2.56. The van der Waals surface area contributed by atoms with Gasteiger partial charge in [0.15, 0.2) is 0 Å². The van der Waals surface area contributed by atoms with Crippen LogP contribution >= 0.6 is 0 Å². The number of hydrogen-bond donors (Lipinski definition) is 1. The third-order valence-electron chi connectivity index (χ3n) is 9.07. The first-order valence-corrected chi connectivity index (χ1v) is 16.1. The van der Waals surface area contributed by atoms with Crippen molar-refractivity contribution in [3.05, 3.63) is 89.2 Å². The number of aliphatic hydroxyl groups is 1. The van der Waals surface area contributed by atoms with Crippen molar-refractivity contribution in [2.24, 2.45) is 0 Å². The third kappa shape index (κ3) is 7.63. The average Bonchev–Trinajstić information content (AvgIpc) is 3.57. The number of carbonyl (C=O) groups is 2. The summed E-state index contributed by atoms with van der Waals surface area (Å²) in [5.41, 5.74) is -3.77. The number of amides is 2. The Kier molecular flexibility index (Phi) is 10.8. The van der Waals surface area contributed by atoms with Gasteiger partial charge in [-0.1, -0.05) is 31.5 Å². The summed E-state index contributed by atoms with van der Waals surface area (Å²) in [4.78, 5) is 35.4. The molecule has 3 atom stereocenters. The molecule has 8 nitrogen and oxygen atoms in total. The van der Waals surface area contributed by atoms with Gasteiger partial charge in [-0.2, -0.15) is 26.3 Å². The molecule has 3 heterocycles. The van der Waals surface area contributed by atoms with E-state index in [0.717, 1.165) is 48.3 Å². The smallest absolute Gasteiger partial charge is 0.417 e. The van der Waals surface area contributed by atoms with Crippen LogP contribution in [0.1, 0.15) is 72.0 Å². The van der Waals surface area contributed by atoms with Crippen LogP contribution in [0.15, 0.2) is 67.0 Å². The number of hydrogen-bond acceptors (Lipinski definition) is 6. The Labute approximate surface area is 279 Å². The van der Waals surface area contributed by atoms with Gasteiger partial charge in [-0.25, -0.2) is 0 Å². The van der Waals surface area contributed by atoms with Crippen LogP contribution in [0, 0.1) is 0 Å². The predicted molar refractivity (Wildman–Crippen MR) is 166 cm³/mol. The Morgan fingerprint density at radius 3 is 2.41 bits per heavy atom. The Balaban J connectivity index is 1.54. The second kappa shape index (κ2) is 14.7. The second-order valence-electron chi connectivity index (χ2n) is 12.2. The van der Waals surface area contributed by atoms with E-state index in [-0.39, 0.29) is 63.8 Å². The van der Waals surface area contributed by atoms with Crippen molar-refractivity contribution in [1.29, 1.82) is 0 Å². The molecular weight excluding hydrogens is 656 g/mol. The molecule has 0 saturated carbocycles. The number of para-hydroxylation sites is 1. The fourth-order valence-electron chi connectivity index (χ4n) is 6.86. The number of halogens is 6. The fourth-order valence-corrected chi connectivity index (χ4v) is 6.86. The summed E-state index contributed by atoms with van der Waals surface area (Å²) in [5.74, 6) is -1.14. The lowest BCUT2D eigenvalue weighted by Gasteiger charge is -2.49. The summed E-state index contributed by atoms with van der Waals surface area (Å²) in [7, 11) is 0. The van der Waals surface area contributed by atoms with Gasteiger partial charge in [0, 0.05) is 44.4 Å². The Hall–Kier alpha value is -4.33. The van der Waals surface area contributed by atoms with Gasteiger partial charge in [0.1, 0.15) is 18.1 Å². The van der Waals surface area contributed by atoms with E-state index in [1.807, 2.05) is 12.1 Å². The maximum Gasteiger partial charge on any atom is 0.417 e. The van der Waals surface area contributed by atoms with Gasteiger partial charge >= 0.3 is 12.4 Å². The van der Waals surface area contributed by atoms with E-state index < -0.39 is 52.5 Å². The van der Waals surface area contributed by atoms with Crippen molar-refractivity contribution in [3.8, 4) is 11.5 Å². The van der Waals surface area contributed by atoms with Crippen LogP contribution in [0.4, 0.5) is 26.3 Å². The predicted octanol–water partition coefficient (Wildman–Crippen LogP) is 6.73. The lowest BCUT2D eigenvalue weighted by atomic mass is 9.79. The number of alkyl halides is 6. The summed E-state index contributed by atoms with van der Waals surface area (Å²) in [6, 6.07) is 10.8. The van der Waals surface area contributed by atoms with Gasteiger partial charge in [-0.15, -0.1) is 0 Å². The molecule has 264 valence electrons. The molecule has 2 amide bonds. The molecule has 0 aliphatic carbocycles. The minimum absolute atomic E-state index is 0.0271. The summed E-state index contributed by atoms with van der Waals surface area (Å²) >= 11 is 0. The van der Waals surface area contributed by atoms with Crippen molar-refractivity contribution >= 4 is 11.8 Å². The number of pyridine rings is 1. The highest BCUT2D eigenvalue weighted by atomic mass is 19.4. The molecule has 1 aromatic heterocycles. The monoisotopic (exact) mass is 693 g/mol. The Morgan fingerprint density at radius 2 is 1.73 bits per heavy atom. The minimum atomic E-state index is -4.85. The lowest BCUT2D eigenvalue weighted by molar-refractivity contribution is -0.158. The van der Waals surface area contributed by atoms with Crippen LogP contribution in [-0.4, -0.2) is 76.2 Å². The summed E-state index contributed by atoms with van der Waals surface area (Å²) in [6.07, 6.45) is -6.32. The van der Waals surface area contributed by atoms with E-state index in [1.165, 1.54) is 4.90 Å². The van der Waals surface area contributed by atoms with Gasteiger partial charge in [-0.3, -0.25) is 14.6 Å². The molecule has 2 saturated heterocycles. The average molecular weight is 694 g/mol. The van der Waals surface area contributed by atoms with E-state index in [2.05, 4.69) is 4.98 Å². The number of aliphatic hydroxyl groups excluding tert-OH is 1. The van der Waals surface area contributed by atoms with Crippen LogP contribution < -0.4 is 9.47 Å². The van der Waals surface area contributed by atoms with Crippen LogP contribution in [-0.2, 0) is 17.1 Å². The van der Waals surface area contributed by atoms with E-state index >= 15 is 0 Å². The molecule has 1 N–H and O–H groups in total. The quantitative estimate of drug-likeness (QED) is 0.237. The molecule has 2 aliphatic rings. The number of ether oxygens (including phenoxy) is 2. The standard InChI is InChI=1S/C35H37F6N3O5/c1-2-6-30-33(49-25-11-9-24(10-12-25)34(36,37)38,15-5-17-44(30)31(46)27-21-42-16-13-28(27)35(39,40)41)32(47)43-18-14-23(22-43)26-7-3-4-8-29(26)48-20-19-45/h3-4,7-13,16,21,23,30,45H,2,5-6,14-15,17-20,22H2,1H3/t23-,30-,33+/m1/s1. The molecule has 0 bridgehead atoms. The molecule has 0 unspecified atom stereocenters. The molecule has 2 aromatic carbocycles. The molecule has 3 aromatic rings. The Bertz CT molecular complexity index is 1620. The topological polar surface area (TPSA) is 92.2 Å². The third-order valence-corrected chi connectivity index (χ3v) is 9.07. The lowest BCUT2D eigenvalue weighted by Crippen LogP contribution is -2.67. The van der Waals surface area contributed by atoms with Gasteiger partial charge in [-0.05, 0) is 61.2 Å². The largest absolute Gasteiger partial charge is 0.491 e. The van der Waals surface area contributed by atoms with Crippen LogP contribution in [0.2, 0.25) is 0 Å². The van der Waals surface area contributed by atoms with E-state index in [9.17, 15) is 41.0 Å². The summed E-state index contributed by atoms with van der Waals surface area (Å²) in [5, 5.41) is 9.27. The van der Waals surface area contributed by atoms with Gasteiger partial charge in [0.25, 0.3) is 11.8 Å². The van der Waals surface area contributed by atoms with Crippen LogP contribution in [0.5, 0.6) is 11.5 Å². The van der Waals surface area contributed by atoms with Crippen molar-refractivity contribution in [2.45, 2.75) is 68.9 Å². The molecule has 5 rings (SSSR count). The zero-order valence-corrected chi connectivity index (χ0v) is 26.8. The SMILES string of the molecule is CCC[C@H]1N(C(=O)c2cnccc2C(F)(F)F)CCC[C@@]1(Oc1ccc(C(F)(F)F)cc1)C(=O)N1CC[C@@H](c2ccccc2OCCO)C1. The Morgan fingerprint density at radius 1 is 1.00 bits per heavy atom. The zero-order valence-electron chi connectivity index (χ0n) is 26.8. The number of likely N-dealkylation sites (tertiary alicyclic amines) is 2.